The van der Waals surface area contributed by atoms with Crippen molar-refractivity contribution in [2.24, 2.45) is 0 Å². The number of fused-ring (bicyclic) bond motifs is 1. The summed E-state index contributed by atoms with van der Waals surface area (Å²) >= 11 is 6.02. The first-order valence-electron chi connectivity index (χ1n) is 7.63. The van der Waals surface area contributed by atoms with E-state index in [0.717, 1.165) is 40.7 Å². The quantitative estimate of drug-likeness (QED) is 0.806. The summed E-state index contributed by atoms with van der Waals surface area (Å²) in [7, 11) is 0. The van der Waals surface area contributed by atoms with Crippen molar-refractivity contribution in [3.05, 3.63) is 53.4 Å². The van der Waals surface area contributed by atoms with Crippen molar-refractivity contribution in [2.75, 3.05) is 6.54 Å². The van der Waals surface area contributed by atoms with Gasteiger partial charge in [0.25, 0.3) is 0 Å². The average molecular weight is 313 g/mol. The Morgan fingerprint density at radius 2 is 2.09 bits per heavy atom. The maximum Gasteiger partial charge on any atom is 0.164 e. The highest BCUT2D eigenvalue weighted by molar-refractivity contribution is 6.30. The van der Waals surface area contributed by atoms with Crippen LogP contribution in [-0.2, 0) is 6.42 Å². The van der Waals surface area contributed by atoms with Crippen LogP contribution in [0.15, 0.2) is 42.6 Å². The highest BCUT2D eigenvalue weighted by Crippen LogP contribution is 2.23. The summed E-state index contributed by atoms with van der Waals surface area (Å²) in [6.07, 6.45) is 5.17. The lowest BCUT2D eigenvalue weighted by molar-refractivity contribution is 0.582. The molecule has 1 atom stereocenters. The topological polar surface area (TPSA) is 42.7 Å². The van der Waals surface area contributed by atoms with E-state index in [1.807, 2.05) is 42.6 Å². The van der Waals surface area contributed by atoms with Crippen LogP contribution in [0.2, 0.25) is 5.02 Å². The van der Waals surface area contributed by atoms with Crippen LogP contribution < -0.4 is 5.32 Å². The number of nitrogens with zero attached hydrogens (tertiary/aromatic N) is 3. The van der Waals surface area contributed by atoms with Gasteiger partial charge in [-0.2, -0.15) is 0 Å². The number of pyridine rings is 1. The zero-order valence-electron chi connectivity index (χ0n) is 12.2. The first kappa shape index (κ1) is 13.7. The van der Waals surface area contributed by atoms with E-state index in [0.29, 0.717) is 6.04 Å². The molecule has 1 aliphatic heterocycles. The maximum atomic E-state index is 6.02. The highest BCUT2D eigenvalue weighted by atomic mass is 35.5. The molecule has 0 spiro atoms. The van der Waals surface area contributed by atoms with E-state index in [1.165, 1.54) is 12.8 Å². The number of aromatic nitrogens is 3. The molecule has 1 saturated heterocycles. The monoisotopic (exact) mass is 312 g/mol. The van der Waals surface area contributed by atoms with E-state index in [2.05, 4.69) is 14.9 Å². The molecule has 0 aliphatic carbocycles. The fraction of sp³-hybridized carbons (Fsp3) is 0.294. The largest absolute Gasteiger partial charge is 0.314 e. The Balaban J connectivity index is 1.83. The van der Waals surface area contributed by atoms with Gasteiger partial charge in [-0.15, -0.1) is 0 Å². The zero-order chi connectivity index (χ0) is 14.9. The number of hydrogen-bond donors (Lipinski definition) is 1. The van der Waals surface area contributed by atoms with Crippen molar-refractivity contribution in [1.29, 1.82) is 0 Å². The van der Waals surface area contributed by atoms with Gasteiger partial charge in [-0.3, -0.25) is 4.57 Å². The van der Waals surface area contributed by atoms with Crippen molar-refractivity contribution < 1.29 is 0 Å². The minimum Gasteiger partial charge on any atom is -0.314 e. The Morgan fingerprint density at radius 3 is 2.86 bits per heavy atom. The molecule has 3 aromatic rings. The molecule has 1 aliphatic rings. The summed E-state index contributed by atoms with van der Waals surface area (Å²) in [5, 5.41) is 4.28. The molecule has 112 valence electrons. The van der Waals surface area contributed by atoms with Gasteiger partial charge in [0.05, 0.1) is 0 Å². The second-order valence-electron chi connectivity index (χ2n) is 5.68. The normalized spacial score (nSPS) is 18.1. The van der Waals surface area contributed by atoms with Gasteiger partial charge in [-0.1, -0.05) is 11.6 Å². The third-order valence-corrected chi connectivity index (χ3v) is 4.41. The fourth-order valence-electron chi connectivity index (χ4n) is 3.11. The van der Waals surface area contributed by atoms with Crippen molar-refractivity contribution in [2.45, 2.75) is 25.3 Å². The number of benzene rings is 1. The van der Waals surface area contributed by atoms with Crippen molar-refractivity contribution >= 4 is 22.8 Å². The van der Waals surface area contributed by atoms with Gasteiger partial charge < -0.3 is 5.32 Å². The minimum absolute atomic E-state index is 0.503. The highest BCUT2D eigenvalue weighted by Gasteiger charge is 2.20. The van der Waals surface area contributed by atoms with Gasteiger partial charge in [0, 0.05) is 29.4 Å². The molecule has 5 heteroatoms. The molecule has 0 bridgehead atoms. The van der Waals surface area contributed by atoms with Gasteiger partial charge in [-0.25, -0.2) is 9.97 Å². The average Bonchev–Trinajstić information content (AvgIpc) is 3.16. The molecule has 1 unspecified atom stereocenters. The van der Waals surface area contributed by atoms with E-state index in [4.69, 9.17) is 16.6 Å². The second-order valence-corrected chi connectivity index (χ2v) is 6.12. The lowest BCUT2D eigenvalue weighted by atomic mass is 10.1. The van der Waals surface area contributed by atoms with Crippen LogP contribution in [0, 0.1) is 0 Å². The van der Waals surface area contributed by atoms with E-state index in [9.17, 15) is 0 Å². The number of nitrogens with one attached hydrogen (secondary N) is 1. The molecular weight excluding hydrogens is 296 g/mol. The lowest BCUT2D eigenvalue weighted by Gasteiger charge is -2.12. The Labute approximate surface area is 134 Å². The molecule has 4 nitrogen and oxygen atoms in total. The summed E-state index contributed by atoms with van der Waals surface area (Å²) in [5.41, 5.74) is 2.89. The molecular formula is C17H17ClN4. The Bertz CT molecular complexity index is 788. The smallest absolute Gasteiger partial charge is 0.164 e. The SMILES string of the molecule is Clc1ccc(-n2c(CC3CCCN3)nc3cccnc32)cc1. The summed E-state index contributed by atoms with van der Waals surface area (Å²) in [4.78, 5) is 9.32. The molecule has 0 radical (unpaired) electrons. The number of hydrogen-bond acceptors (Lipinski definition) is 3. The predicted octanol–water partition coefficient (Wildman–Crippen LogP) is 3.37. The van der Waals surface area contributed by atoms with Crippen LogP contribution in [0.25, 0.3) is 16.9 Å². The lowest BCUT2D eigenvalue weighted by Crippen LogP contribution is -2.25. The molecule has 1 aromatic carbocycles. The zero-order valence-corrected chi connectivity index (χ0v) is 12.9. The molecule has 3 heterocycles. The first-order valence-corrected chi connectivity index (χ1v) is 8.01. The number of imidazole rings is 1. The molecule has 4 rings (SSSR count). The van der Waals surface area contributed by atoms with E-state index in [1.54, 1.807) is 0 Å². The molecule has 1 fully saturated rings. The number of halogens is 1. The van der Waals surface area contributed by atoms with Crippen LogP contribution in [0.4, 0.5) is 0 Å². The van der Waals surface area contributed by atoms with Gasteiger partial charge in [0.1, 0.15) is 11.3 Å². The molecule has 2 aromatic heterocycles. The van der Waals surface area contributed by atoms with Crippen molar-refractivity contribution in [3.8, 4) is 5.69 Å². The minimum atomic E-state index is 0.503. The van der Waals surface area contributed by atoms with E-state index in [-0.39, 0.29) is 0 Å². The predicted molar refractivity (Wildman–Crippen MR) is 88.6 cm³/mol. The van der Waals surface area contributed by atoms with Crippen LogP contribution >= 0.6 is 11.6 Å². The Kier molecular flexibility index (Phi) is 3.56. The van der Waals surface area contributed by atoms with Crippen LogP contribution in [-0.4, -0.2) is 27.1 Å². The van der Waals surface area contributed by atoms with Crippen LogP contribution in [0.3, 0.4) is 0 Å². The molecule has 1 N–H and O–H groups in total. The van der Waals surface area contributed by atoms with Crippen molar-refractivity contribution in [1.82, 2.24) is 19.9 Å². The van der Waals surface area contributed by atoms with Crippen LogP contribution in [0.1, 0.15) is 18.7 Å². The molecule has 0 amide bonds. The third kappa shape index (κ3) is 2.49. The van der Waals surface area contributed by atoms with E-state index < -0.39 is 0 Å². The fourth-order valence-corrected chi connectivity index (χ4v) is 3.24. The van der Waals surface area contributed by atoms with Crippen molar-refractivity contribution in [3.63, 3.8) is 0 Å². The Morgan fingerprint density at radius 1 is 1.23 bits per heavy atom. The molecule has 0 saturated carbocycles. The number of rotatable bonds is 3. The first-order chi connectivity index (χ1) is 10.8. The second kappa shape index (κ2) is 5.71. The van der Waals surface area contributed by atoms with Gasteiger partial charge in [-0.05, 0) is 55.8 Å². The van der Waals surface area contributed by atoms with Crippen LogP contribution in [0.5, 0.6) is 0 Å². The summed E-state index contributed by atoms with van der Waals surface area (Å²) in [5.74, 6) is 1.05. The summed E-state index contributed by atoms with van der Waals surface area (Å²) in [6.45, 7) is 1.10. The van der Waals surface area contributed by atoms with E-state index >= 15 is 0 Å². The van der Waals surface area contributed by atoms with Gasteiger partial charge in [0.15, 0.2) is 5.65 Å². The van der Waals surface area contributed by atoms with Gasteiger partial charge in [0.2, 0.25) is 0 Å². The van der Waals surface area contributed by atoms with Gasteiger partial charge >= 0.3 is 0 Å². The standard InChI is InChI=1S/C17H17ClN4/c18-12-5-7-14(8-6-12)22-16(11-13-3-1-9-19-13)21-15-4-2-10-20-17(15)22/h2,4-8,10,13,19H,1,3,9,11H2. The maximum absolute atomic E-state index is 6.02. The Hall–Kier alpha value is -1.91. The summed E-state index contributed by atoms with van der Waals surface area (Å²) in [6, 6.07) is 12.3. The third-order valence-electron chi connectivity index (χ3n) is 4.16. The molecule has 22 heavy (non-hydrogen) atoms. The summed E-state index contributed by atoms with van der Waals surface area (Å²) < 4.78 is 2.14.